The first-order valence-corrected chi connectivity index (χ1v) is 9.33. The molecule has 2 atom stereocenters. The number of hydrogen-bond acceptors (Lipinski definition) is 5. The zero-order chi connectivity index (χ0) is 17.7. The molecule has 1 aliphatic heterocycles. The van der Waals surface area contributed by atoms with Crippen LogP contribution in [-0.2, 0) is 14.6 Å². The van der Waals surface area contributed by atoms with Crippen molar-refractivity contribution >= 4 is 27.5 Å². The second-order valence-corrected chi connectivity index (χ2v) is 7.89. The summed E-state index contributed by atoms with van der Waals surface area (Å²) in [5, 5.41) is 7.74. The molecule has 1 aromatic rings. The molecular formula is C15H21N3O5S. The number of nitrogens with one attached hydrogen (secondary N) is 3. The quantitative estimate of drug-likeness (QED) is 0.712. The number of hydrogen-bond donors (Lipinski definition) is 3. The Hall–Kier alpha value is -2.29. The van der Waals surface area contributed by atoms with Gasteiger partial charge in [0.2, 0.25) is 5.91 Å². The van der Waals surface area contributed by atoms with Gasteiger partial charge in [0.15, 0.2) is 9.84 Å². The van der Waals surface area contributed by atoms with E-state index >= 15 is 0 Å². The number of carbonyl (C=O) groups is 2. The molecule has 0 saturated carbocycles. The van der Waals surface area contributed by atoms with E-state index in [-0.39, 0.29) is 17.4 Å². The van der Waals surface area contributed by atoms with Crippen LogP contribution in [0.4, 0.5) is 10.5 Å². The highest BCUT2D eigenvalue weighted by atomic mass is 32.2. The molecule has 1 saturated heterocycles. The van der Waals surface area contributed by atoms with Crippen LogP contribution in [-0.4, -0.2) is 51.1 Å². The molecule has 0 aliphatic carbocycles. The molecule has 0 aromatic heterocycles. The number of amides is 3. The van der Waals surface area contributed by atoms with Gasteiger partial charge in [-0.15, -0.1) is 0 Å². The Morgan fingerprint density at radius 1 is 1.25 bits per heavy atom. The Labute approximate surface area is 140 Å². The molecule has 0 radical (unpaired) electrons. The standard InChI is InChI=1S/C15H21N3O5S/c1-10(14(19)17-11-3-5-13(23-2)6-4-11)16-15(20)18-12-7-8-24(21,22)9-12/h3-6,10,12H,7-9H2,1-2H3,(H,17,19)(H2,16,18,20)/t10-,12?/m0/s1. The first-order chi connectivity index (χ1) is 11.3. The van der Waals surface area contributed by atoms with E-state index in [4.69, 9.17) is 4.74 Å². The fourth-order valence-corrected chi connectivity index (χ4v) is 4.00. The van der Waals surface area contributed by atoms with Crippen molar-refractivity contribution in [1.29, 1.82) is 0 Å². The highest BCUT2D eigenvalue weighted by Gasteiger charge is 2.29. The molecule has 132 valence electrons. The minimum absolute atomic E-state index is 0.0627. The third-order valence-corrected chi connectivity index (χ3v) is 5.43. The Morgan fingerprint density at radius 2 is 1.92 bits per heavy atom. The molecule has 1 aliphatic rings. The van der Waals surface area contributed by atoms with E-state index in [2.05, 4.69) is 16.0 Å². The summed E-state index contributed by atoms with van der Waals surface area (Å²) < 4.78 is 27.7. The molecule has 1 fully saturated rings. The van der Waals surface area contributed by atoms with Crippen molar-refractivity contribution in [2.75, 3.05) is 23.9 Å². The van der Waals surface area contributed by atoms with Gasteiger partial charge in [-0.05, 0) is 37.6 Å². The van der Waals surface area contributed by atoms with Gasteiger partial charge in [0, 0.05) is 11.7 Å². The average molecular weight is 355 g/mol. The molecule has 3 amide bonds. The SMILES string of the molecule is COc1ccc(NC(=O)[C@H](C)NC(=O)NC2CCS(=O)(=O)C2)cc1. The smallest absolute Gasteiger partial charge is 0.315 e. The molecule has 3 N–H and O–H groups in total. The summed E-state index contributed by atoms with van der Waals surface area (Å²) in [5.74, 6) is 0.303. The van der Waals surface area contributed by atoms with Gasteiger partial charge in [0.25, 0.3) is 0 Å². The summed E-state index contributed by atoms with van der Waals surface area (Å²) in [6.07, 6.45) is 0.391. The maximum atomic E-state index is 12.1. The highest BCUT2D eigenvalue weighted by molar-refractivity contribution is 7.91. The fraction of sp³-hybridized carbons (Fsp3) is 0.467. The van der Waals surface area contributed by atoms with E-state index in [9.17, 15) is 18.0 Å². The number of urea groups is 1. The second-order valence-electron chi connectivity index (χ2n) is 5.66. The van der Waals surface area contributed by atoms with Crippen molar-refractivity contribution in [3.05, 3.63) is 24.3 Å². The van der Waals surface area contributed by atoms with E-state index in [1.807, 2.05) is 0 Å². The molecule has 1 unspecified atom stereocenters. The topological polar surface area (TPSA) is 114 Å². The largest absolute Gasteiger partial charge is 0.497 e. The third-order valence-electron chi connectivity index (χ3n) is 3.67. The Balaban J connectivity index is 1.81. The normalized spacial score (nSPS) is 20.0. The highest BCUT2D eigenvalue weighted by Crippen LogP contribution is 2.15. The van der Waals surface area contributed by atoms with Crippen molar-refractivity contribution in [2.24, 2.45) is 0 Å². The summed E-state index contributed by atoms with van der Waals surface area (Å²) in [6, 6.07) is 5.05. The van der Waals surface area contributed by atoms with Gasteiger partial charge in [-0.25, -0.2) is 13.2 Å². The molecule has 2 rings (SSSR count). The van der Waals surface area contributed by atoms with Gasteiger partial charge in [-0.2, -0.15) is 0 Å². The number of methoxy groups -OCH3 is 1. The third kappa shape index (κ3) is 5.12. The van der Waals surface area contributed by atoms with E-state index in [0.29, 0.717) is 17.9 Å². The number of rotatable bonds is 5. The van der Waals surface area contributed by atoms with Crippen LogP contribution in [0.1, 0.15) is 13.3 Å². The lowest BCUT2D eigenvalue weighted by Crippen LogP contribution is -2.49. The number of anilines is 1. The minimum Gasteiger partial charge on any atom is -0.497 e. The van der Waals surface area contributed by atoms with Gasteiger partial charge < -0.3 is 20.7 Å². The van der Waals surface area contributed by atoms with Gasteiger partial charge in [0.05, 0.1) is 18.6 Å². The maximum Gasteiger partial charge on any atom is 0.315 e. The van der Waals surface area contributed by atoms with Crippen LogP contribution in [0.3, 0.4) is 0 Å². The van der Waals surface area contributed by atoms with Crippen LogP contribution in [0, 0.1) is 0 Å². The van der Waals surface area contributed by atoms with Crippen molar-refractivity contribution in [1.82, 2.24) is 10.6 Å². The lowest BCUT2D eigenvalue weighted by atomic mass is 10.2. The fourth-order valence-electron chi connectivity index (χ4n) is 2.32. The molecule has 9 heteroatoms. The molecule has 24 heavy (non-hydrogen) atoms. The predicted octanol–water partition coefficient (Wildman–Crippen LogP) is 0.509. The summed E-state index contributed by atoms with van der Waals surface area (Å²) in [6.45, 7) is 1.55. The maximum absolute atomic E-state index is 12.1. The molecule has 1 aromatic carbocycles. The van der Waals surface area contributed by atoms with Gasteiger partial charge >= 0.3 is 6.03 Å². The van der Waals surface area contributed by atoms with E-state index in [1.165, 1.54) is 0 Å². The summed E-state index contributed by atoms with van der Waals surface area (Å²) in [4.78, 5) is 23.9. The number of sulfone groups is 1. The first kappa shape index (κ1) is 18.1. The average Bonchev–Trinajstić information content (AvgIpc) is 2.86. The van der Waals surface area contributed by atoms with Crippen LogP contribution in [0.25, 0.3) is 0 Å². The second kappa shape index (κ2) is 7.52. The van der Waals surface area contributed by atoms with Crippen molar-refractivity contribution in [3.8, 4) is 5.75 Å². The summed E-state index contributed by atoms with van der Waals surface area (Å²) in [5.41, 5.74) is 0.580. The van der Waals surface area contributed by atoms with Gasteiger partial charge in [0.1, 0.15) is 11.8 Å². The van der Waals surface area contributed by atoms with Gasteiger partial charge in [-0.3, -0.25) is 4.79 Å². The van der Waals surface area contributed by atoms with Crippen LogP contribution in [0.15, 0.2) is 24.3 Å². The molecule has 0 bridgehead atoms. The molecule has 0 spiro atoms. The summed E-state index contributed by atoms with van der Waals surface area (Å²) in [7, 11) is -1.51. The minimum atomic E-state index is -3.06. The molecular weight excluding hydrogens is 334 g/mol. The van der Waals surface area contributed by atoms with Crippen molar-refractivity contribution in [3.63, 3.8) is 0 Å². The summed E-state index contributed by atoms with van der Waals surface area (Å²) >= 11 is 0. The number of ether oxygens (including phenoxy) is 1. The lowest BCUT2D eigenvalue weighted by Gasteiger charge is -2.17. The van der Waals surface area contributed by atoms with Crippen LogP contribution >= 0.6 is 0 Å². The van der Waals surface area contributed by atoms with Crippen LogP contribution in [0.5, 0.6) is 5.75 Å². The van der Waals surface area contributed by atoms with Crippen molar-refractivity contribution in [2.45, 2.75) is 25.4 Å². The van der Waals surface area contributed by atoms with E-state index in [1.54, 1.807) is 38.3 Å². The van der Waals surface area contributed by atoms with E-state index < -0.39 is 28.0 Å². The Morgan fingerprint density at radius 3 is 2.46 bits per heavy atom. The molecule has 1 heterocycles. The predicted molar refractivity (Wildman–Crippen MR) is 89.8 cm³/mol. The number of benzene rings is 1. The van der Waals surface area contributed by atoms with Gasteiger partial charge in [-0.1, -0.05) is 0 Å². The van der Waals surface area contributed by atoms with Crippen LogP contribution < -0.4 is 20.7 Å². The first-order valence-electron chi connectivity index (χ1n) is 7.51. The Kier molecular flexibility index (Phi) is 5.66. The van der Waals surface area contributed by atoms with Crippen LogP contribution in [0.2, 0.25) is 0 Å². The lowest BCUT2D eigenvalue weighted by molar-refractivity contribution is -0.117. The zero-order valence-corrected chi connectivity index (χ0v) is 14.4. The monoisotopic (exact) mass is 355 g/mol. The zero-order valence-electron chi connectivity index (χ0n) is 13.5. The Bertz CT molecular complexity index is 702. The van der Waals surface area contributed by atoms with Crippen molar-refractivity contribution < 1.29 is 22.7 Å². The molecule has 8 nitrogen and oxygen atoms in total. The number of carbonyl (C=O) groups excluding carboxylic acids is 2. The van der Waals surface area contributed by atoms with E-state index in [0.717, 1.165) is 0 Å².